The average Bonchev–Trinajstić information content (AvgIpc) is 3.03. The van der Waals surface area contributed by atoms with Crippen LogP contribution in [-0.2, 0) is 0 Å². The lowest BCUT2D eigenvalue weighted by atomic mass is 10.0. The molecule has 3 rings (SSSR count). The molecule has 32 heavy (non-hydrogen) atoms. The van der Waals surface area contributed by atoms with Crippen LogP contribution in [0.5, 0.6) is 0 Å². The highest BCUT2D eigenvalue weighted by atomic mass is 35.5. The summed E-state index contributed by atoms with van der Waals surface area (Å²) in [6.45, 7) is 1.28. The molecule has 0 aliphatic carbocycles. The third-order valence-corrected chi connectivity index (χ3v) is 4.79. The van der Waals surface area contributed by atoms with Crippen LogP contribution in [0.15, 0.2) is 41.4 Å². The van der Waals surface area contributed by atoms with Crippen LogP contribution in [0.4, 0.5) is 32.0 Å². The van der Waals surface area contributed by atoms with Gasteiger partial charge in [0.05, 0.1) is 0 Å². The van der Waals surface area contributed by atoms with Gasteiger partial charge in [-0.05, 0) is 36.4 Å². The highest BCUT2D eigenvalue weighted by Gasteiger charge is 2.49. The van der Waals surface area contributed by atoms with Crippen molar-refractivity contribution in [1.29, 1.82) is 0 Å². The maximum absolute atomic E-state index is 13.7. The van der Waals surface area contributed by atoms with Crippen molar-refractivity contribution in [2.24, 2.45) is 10.9 Å². The number of alkyl halides is 3. The lowest BCUT2D eigenvalue weighted by molar-refractivity contribution is -0.160. The Hall–Kier alpha value is -2.83. The Labute approximate surface area is 183 Å². The summed E-state index contributed by atoms with van der Waals surface area (Å²) in [5.74, 6) is -5.58. The Bertz CT molecular complexity index is 1030. The minimum atomic E-state index is -4.56. The molecule has 3 unspecified atom stereocenters. The van der Waals surface area contributed by atoms with E-state index in [1.165, 1.54) is 13.0 Å². The molecule has 4 N–H and O–H groups in total. The first kappa shape index (κ1) is 23.8. The molecular weight excluding hydrogens is 464 g/mol. The molecule has 0 bridgehead atoms. The van der Waals surface area contributed by atoms with Crippen molar-refractivity contribution in [3.05, 3.63) is 64.4 Å². The maximum Gasteiger partial charge on any atom is 0.405 e. The Morgan fingerprint density at radius 3 is 2.38 bits per heavy atom. The first-order chi connectivity index (χ1) is 14.9. The molecule has 13 heteroatoms. The van der Waals surface area contributed by atoms with Crippen LogP contribution in [0.25, 0.3) is 0 Å². The maximum atomic E-state index is 13.7. The molecule has 2 aromatic carbocycles. The number of halogens is 7. The number of rotatable bonds is 3. The molecule has 1 amide bonds. The molecule has 1 heterocycles. The summed E-state index contributed by atoms with van der Waals surface area (Å²) in [5.41, 5.74) is 4.21. The quantitative estimate of drug-likeness (QED) is 0.305. The lowest BCUT2D eigenvalue weighted by Crippen LogP contribution is -2.43. The molecule has 1 saturated heterocycles. The van der Waals surface area contributed by atoms with Crippen LogP contribution in [0.1, 0.15) is 17.3 Å². The van der Waals surface area contributed by atoms with Gasteiger partial charge in [-0.15, -0.1) is 0 Å². The first-order valence-corrected chi connectivity index (χ1v) is 9.47. The number of hydrogen-bond donors (Lipinski definition) is 4. The number of benzene rings is 2. The molecule has 0 spiro atoms. The van der Waals surface area contributed by atoms with Gasteiger partial charge in [-0.25, -0.2) is 29.0 Å². The van der Waals surface area contributed by atoms with Crippen molar-refractivity contribution >= 4 is 29.2 Å². The highest BCUT2D eigenvalue weighted by Crippen LogP contribution is 2.30. The van der Waals surface area contributed by atoms with E-state index in [0.29, 0.717) is 6.07 Å². The predicted octanol–water partition coefficient (Wildman–Crippen LogP) is 3.96. The van der Waals surface area contributed by atoms with Crippen molar-refractivity contribution in [1.82, 2.24) is 16.2 Å². The number of nitrogens with one attached hydrogen (secondary N) is 4. The normalized spacial score (nSPS) is 21.5. The summed E-state index contributed by atoms with van der Waals surface area (Å²) in [6, 6.07) is 3.77. The minimum absolute atomic E-state index is 0.00458. The molecule has 172 valence electrons. The fourth-order valence-electron chi connectivity index (χ4n) is 2.96. The van der Waals surface area contributed by atoms with Gasteiger partial charge in [0.1, 0.15) is 18.0 Å². The van der Waals surface area contributed by atoms with E-state index in [9.17, 15) is 31.1 Å². The van der Waals surface area contributed by atoms with Crippen LogP contribution in [-0.4, -0.2) is 30.3 Å². The number of guanidine groups is 1. The van der Waals surface area contributed by atoms with Gasteiger partial charge in [0.15, 0.2) is 11.6 Å². The minimum Gasteiger partial charge on any atom is -0.326 e. The van der Waals surface area contributed by atoms with Crippen molar-refractivity contribution < 1.29 is 31.1 Å². The standard InChI is InChI=1S/C19H16ClF6N5O/c1-8-15(19(24,25)26)30-31-16(8)28-18(27-12-6-10(20)5-11(21)7-12)29-17(32)9-2-3-13(22)14(23)4-9/h2-8,15-16,30-31H,1H3,(H2,27,28,29,32). The second kappa shape index (κ2) is 9.35. The molecule has 6 nitrogen and oxygen atoms in total. The van der Waals surface area contributed by atoms with E-state index in [0.717, 1.165) is 24.3 Å². The topological polar surface area (TPSA) is 77.5 Å². The molecule has 2 aromatic rings. The first-order valence-electron chi connectivity index (χ1n) is 9.09. The van der Waals surface area contributed by atoms with E-state index in [1.807, 2.05) is 0 Å². The number of anilines is 1. The SMILES string of the molecule is CC1C(N=C(NC(=O)c2ccc(F)c(F)c2)Nc2cc(F)cc(Cl)c2)NNC1C(F)(F)F. The molecule has 1 aliphatic rings. The number of hydrazine groups is 1. The summed E-state index contributed by atoms with van der Waals surface area (Å²) >= 11 is 5.80. The molecule has 1 fully saturated rings. The van der Waals surface area contributed by atoms with Crippen LogP contribution in [0, 0.1) is 23.4 Å². The number of carbonyl (C=O) groups excluding carboxylic acids is 1. The van der Waals surface area contributed by atoms with E-state index >= 15 is 0 Å². The lowest BCUT2D eigenvalue weighted by Gasteiger charge is -2.20. The van der Waals surface area contributed by atoms with Crippen LogP contribution in [0.2, 0.25) is 5.02 Å². The largest absolute Gasteiger partial charge is 0.405 e. The second-order valence-electron chi connectivity index (χ2n) is 6.96. The number of aliphatic imine (C=N–C) groups is 1. The zero-order valence-electron chi connectivity index (χ0n) is 16.2. The predicted molar refractivity (Wildman–Crippen MR) is 105 cm³/mol. The third kappa shape index (κ3) is 5.69. The highest BCUT2D eigenvalue weighted by molar-refractivity contribution is 6.31. The Morgan fingerprint density at radius 2 is 1.78 bits per heavy atom. The van der Waals surface area contributed by atoms with Gasteiger partial charge >= 0.3 is 6.18 Å². The Morgan fingerprint density at radius 1 is 1.06 bits per heavy atom. The zero-order chi connectivity index (χ0) is 23.6. The molecule has 3 atom stereocenters. The summed E-state index contributed by atoms with van der Waals surface area (Å²) in [6.07, 6.45) is -5.71. The zero-order valence-corrected chi connectivity index (χ0v) is 17.0. The van der Waals surface area contributed by atoms with E-state index in [-0.39, 0.29) is 22.2 Å². The average molecular weight is 480 g/mol. The van der Waals surface area contributed by atoms with E-state index in [2.05, 4.69) is 26.5 Å². The molecule has 0 radical (unpaired) electrons. The number of amides is 1. The molecule has 0 saturated carbocycles. The third-order valence-electron chi connectivity index (χ3n) is 4.57. The van der Waals surface area contributed by atoms with Crippen molar-refractivity contribution in [2.45, 2.75) is 25.3 Å². The monoisotopic (exact) mass is 479 g/mol. The van der Waals surface area contributed by atoms with Crippen molar-refractivity contribution in [2.75, 3.05) is 5.32 Å². The van der Waals surface area contributed by atoms with Gasteiger partial charge in [0.2, 0.25) is 5.96 Å². The molecule has 0 aromatic heterocycles. The summed E-state index contributed by atoms with van der Waals surface area (Å²) in [5, 5.41) is 4.83. The van der Waals surface area contributed by atoms with Crippen LogP contribution in [0.3, 0.4) is 0 Å². The van der Waals surface area contributed by atoms with Crippen molar-refractivity contribution in [3.8, 4) is 0 Å². The summed E-state index contributed by atoms with van der Waals surface area (Å²) in [7, 11) is 0. The van der Waals surface area contributed by atoms with Gasteiger partial charge in [-0.1, -0.05) is 18.5 Å². The van der Waals surface area contributed by atoms with Crippen LogP contribution >= 0.6 is 11.6 Å². The fraction of sp³-hybridized carbons (Fsp3) is 0.263. The van der Waals surface area contributed by atoms with E-state index < -0.39 is 47.7 Å². The van der Waals surface area contributed by atoms with E-state index in [4.69, 9.17) is 11.6 Å². The smallest absolute Gasteiger partial charge is 0.326 e. The van der Waals surface area contributed by atoms with Gasteiger partial charge in [0.25, 0.3) is 5.91 Å². The second-order valence-corrected chi connectivity index (χ2v) is 7.39. The fourth-order valence-corrected chi connectivity index (χ4v) is 3.19. The van der Waals surface area contributed by atoms with Gasteiger partial charge < -0.3 is 5.32 Å². The summed E-state index contributed by atoms with van der Waals surface area (Å²) < 4.78 is 79.6. The molecule has 1 aliphatic heterocycles. The van der Waals surface area contributed by atoms with E-state index in [1.54, 1.807) is 0 Å². The van der Waals surface area contributed by atoms with Gasteiger partial charge in [0, 0.05) is 22.2 Å². The molecular formula is C19H16ClF6N5O. The number of hydrogen-bond acceptors (Lipinski definition) is 4. The van der Waals surface area contributed by atoms with Crippen LogP contribution < -0.4 is 21.5 Å². The Balaban J connectivity index is 1.89. The summed E-state index contributed by atoms with van der Waals surface area (Å²) in [4.78, 5) is 16.5. The van der Waals surface area contributed by atoms with Gasteiger partial charge in [-0.2, -0.15) is 13.2 Å². The number of nitrogens with zero attached hydrogens (tertiary/aromatic N) is 1. The number of carbonyl (C=O) groups is 1. The Kier molecular flexibility index (Phi) is 6.96. The van der Waals surface area contributed by atoms with Crippen molar-refractivity contribution in [3.63, 3.8) is 0 Å². The van der Waals surface area contributed by atoms with Gasteiger partial charge in [-0.3, -0.25) is 10.1 Å².